The molecule has 6 heteroatoms. The van der Waals surface area contributed by atoms with Gasteiger partial charge >= 0.3 is 5.97 Å². The largest absolute Gasteiger partial charge is 0.493 e. The van der Waals surface area contributed by atoms with Crippen molar-refractivity contribution in [2.24, 2.45) is 0 Å². The summed E-state index contributed by atoms with van der Waals surface area (Å²) in [6.45, 7) is 4.72. The zero-order chi connectivity index (χ0) is 15.1. The van der Waals surface area contributed by atoms with E-state index in [1.165, 1.54) is 23.5 Å². The molecule has 0 aliphatic rings. The molecule has 0 fully saturated rings. The molecule has 1 heterocycles. The molecule has 1 aromatic carbocycles. The van der Waals surface area contributed by atoms with Crippen molar-refractivity contribution in [3.63, 3.8) is 0 Å². The predicted octanol–water partition coefficient (Wildman–Crippen LogP) is 3.07. The third-order valence-electron chi connectivity index (χ3n) is 2.63. The summed E-state index contributed by atoms with van der Waals surface area (Å²) in [5, 5.41) is 0.686. The van der Waals surface area contributed by atoms with Gasteiger partial charge in [-0.15, -0.1) is 0 Å². The van der Waals surface area contributed by atoms with Crippen molar-refractivity contribution < 1.29 is 14.3 Å². The van der Waals surface area contributed by atoms with Crippen LogP contribution in [0.4, 0.5) is 0 Å². The van der Waals surface area contributed by atoms with Crippen molar-refractivity contribution in [2.45, 2.75) is 19.0 Å². The average Bonchev–Trinajstić information content (AvgIpc) is 2.93. The van der Waals surface area contributed by atoms with E-state index in [-0.39, 0.29) is 5.97 Å². The molecule has 1 N–H and O–H groups in total. The molecule has 112 valence electrons. The fourth-order valence-corrected chi connectivity index (χ4v) is 2.36. The number of aryl methyl sites for hydroxylation is 1. The van der Waals surface area contributed by atoms with Gasteiger partial charge in [-0.3, -0.25) is 0 Å². The molecule has 0 spiro atoms. The number of aromatic nitrogens is 2. The number of aromatic amines is 1. The van der Waals surface area contributed by atoms with Crippen LogP contribution in [0, 0.1) is 6.92 Å². The van der Waals surface area contributed by atoms with Crippen molar-refractivity contribution in [2.75, 3.05) is 19.0 Å². The fourth-order valence-electron chi connectivity index (χ4n) is 1.69. The first kappa shape index (κ1) is 15.4. The molecule has 0 unspecified atom stereocenters. The Balaban J connectivity index is 1.75. The first-order valence-corrected chi connectivity index (χ1v) is 7.72. The third-order valence-corrected chi connectivity index (χ3v) is 3.48. The van der Waals surface area contributed by atoms with E-state index in [1.54, 1.807) is 6.92 Å². The lowest BCUT2D eigenvalue weighted by molar-refractivity contribution is 0.0519. The first-order valence-electron chi connectivity index (χ1n) is 6.73. The van der Waals surface area contributed by atoms with Crippen LogP contribution < -0.4 is 4.74 Å². The molecule has 5 nitrogen and oxygen atoms in total. The van der Waals surface area contributed by atoms with Crippen LogP contribution in [0.5, 0.6) is 5.75 Å². The van der Waals surface area contributed by atoms with Gasteiger partial charge in [-0.05, 0) is 31.5 Å². The number of carbonyl (C=O) groups is 1. The van der Waals surface area contributed by atoms with Gasteiger partial charge in [0.1, 0.15) is 11.4 Å². The molecule has 2 aromatic rings. The molecule has 0 atom stereocenters. The Morgan fingerprint density at radius 2 is 2.29 bits per heavy atom. The molecule has 0 amide bonds. The van der Waals surface area contributed by atoms with Gasteiger partial charge < -0.3 is 14.5 Å². The minimum absolute atomic E-state index is 0.352. The molecule has 0 bridgehead atoms. The predicted molar refractivity (Wildman–Crippen MR) is 81.9 cm³/mol. The van der Waals surface area contributed by atoms with Crippen LogP contribution in [-0.2, 0) is 4.74 Å². The maximum Gasteiger partial charge on any atom is 0.356 e. The van der Waals surface area contributed by atoms with Crippen molar-refractivity contribution in [1.29, 1.82) is 0 Å². The molecule has 0 saturated carbocycles. The summed E-state index contributed by atoms with van der Waals surface area (Å²) in [5.74, 6) is 1.22. The second-order valence-electron chi connectivity index (χ2n) is 4.34. The zero-order valence-corrected chi connectivity index (χ0v) is 12.9. The van der Waals surface area contributed by atoms with Gasteiger partial charge in [0, 0.05) is 5.75 Å². The molecule has 21 heavy (non-hydrogen) atoms. The monoisotopic (exact) mass is 306 g/mol. The molecule has 1 aromatic heterocycles. The Hall–Kier alpha value is -1.95. The number of nitrogens with zero attached hydrogens (tertiary/aromatic N) is 1. The summed E-state index contributed by atoms with van der Waals surface area (Å²) < 4.78 is 10.5. The zero-order valence-electron chi connectivity index (χ0n) is 12.1. The van der Waals surface area contributed by atoms with E-state index in [1.807, 2.05) is 31.2 Å². The van der Waals surface area contributed by atoms with E-state index in [4.69, 9.17) is 9.47 Å². The topological polar surface area (TPSA) is 64.2 Å². The number of H-pyrrole nitrogens is 1. The maximum absolute atomic E-state index is 11.5. The van der Waals surface area contributed by atoms with E-state index in [9.17, 15) is 4.79 Å². The highest BCUT2D eigenvalue weighted by atomic mass is 32.2. The van der Waals surface area contributed by atoms with Gasteiger partial charge in [0.25, 0.3) is 0 Å². The van der Waals surface area contributed by atoms with Crippen molar-refractivity contribution >= 4 is 17.7 Å². The van der Waals surface area contributed by atoms with E-state index >= 15 is 0 Å². The van der Waals surface area contributed by atoms with Crippen LogP contribution in [0.25, 0.3) is 0 Å². The quantitative estimate of drug-likeness (QED) is 0.484. The van der Waals surface area contributed by atoms with Gasteiger partial charge in [0.2, 0.25) is 0 Å². The molecule has 0 saturated heterocycles. The van der Waals surface area contributed by atoms with Crippen LogP contribution in [0.1, 0.15) is 23.0 Å². The number of imidazole rings is 1. The van der Waals surface area contributed by atoms with Crippen molar-refractivity contribution in [1.82, 2.24) is 9.97 Å². The number of benzene rings is 1. The highest BCUT2D eigenvalue weighted by molar-refractivity contribution is 7.99. The van der Waals surface area contributed by atoms with Gasteiger partial charge in [-0.25, -0.2) is 9.78 Å². The number of thioether (sulfide) groups is 1. The molecule has 2 rings (SSSR count). The Morgan fingerprint density at radius 3 is 3.05 bits per heavy atom. The molecular formula is C15H18N2O3S. The number of hydrogen-bond acceptors (Lipinski definition) is 5. The molecule has 0 aliphatic carbocycles. The lowest BCUT2D eigenvalue weighted by Crippen LogP contribution is -2.04. The molecular weight excluding hydrogens is 288 g/mol. The highest BCUT2D eigenvalue weighted by Crippen LogP contribution is 2.16. The van der Waals surface area contributed by atoms with Crippen molar-refractivity contribution in [3.05, 3.63) is 41.7 Å². The van der Waals surface area contributed by atoms with Gasteiger partial charge in [-0.1, -0.05) is 23.9 Å². The SMILES string of the molecule is CCOC(=O)c1cnc(SCCOc2cccc(C)c2)[nH]1. The fraction of sp³-hybridized carbons (Fsp3) is 0.333. The number of esters is 1. The van der Waals surface area contributed by atoms with E-state index < -0.39 is 0 Å². The lowest BCUT2D eigenvalue weighted by atomic mass is 10.2. The van der Waals surface area contributed by atoms with Crippen molar-refractivity contribution in [3.8, 4) is 5.75 Å². The van der Waals surface area contributed by atoms with Crippen LogP contribution in [-0.4, -0.2) is 34.9 Å². The van der Waals surface area contributed by atoms with E-state index in [2.05, 4.69) is 9.97 Å². The lowest BCUT2D eigenvalue weighted by Gasteiger charge is -2.05. The normalized spacial score (nSPS) is 10.4. The number of hydrogen-bond donors (Lipinski definition) is 1. The van der Waals surface area contributed by atoms with Crippen LogP contribution >= 0.6 is 11.8 Å². The molecule has 0 radical (unpaired) electrons. The summed E-state index contributed by atoms with van der Waals surface area (Å²) in [6.07, 6.45) is 1.49. The Bertz CT molecular complexity index is 598. The van der Waals surface area contributed by atoms with Gasteiger partial charge in [0.05, 0.1) is 19.4 Å². The van der Waals surface area contributed by atoms with Crippen LogP contribution in [0.3, 0.4) is 0 Å². The number of carbonyl (C=O) groups excluding carboxylic acids is 1. The summed E-state index contributed by atoms with van der Waals surface area (Å²) >= 11 is 1.50. The van der Waals surface area contributed by atoms with Crippen LogP contribution in [0.2, 0.25) is 0 Å². The standard InChI is InChI=1S/C15H18N2O3S/c1-3-19-14(18)13-10-16-15(17-13)21-8-7-20-12-6-4-5-11(2)9-12/h4-6,9-10H,3,7-8H2,1-2H3,(H,16,17). The number of rotatable bonds is 7. The summed E-state index contributed by atoms with van der Waals surface area (Å²) in [7, 11) is 0. The smallest absolute Gasteiger partial charge is 0.356 e. The molecule has 0 aliphatic heterocycles. The minimum atomic E-state index is -0.382. The second kappa shape index (κ2) is 7.73. The van der Waals surface area contributed by atoms with Gasteiger partial charge in [0.15, 0.2) is 5.16 Å². The summed E-state index contributed by atoms with van der Waals surface area (Å²) in [5.41, 5.74) is 1.55. The Kier molecular flexibility index (Phi) is 5.68. The second-order valence-corrected chi connectivity index (χ2v) is 5.42. The summed E-state index contributed by atoms with van der Waals surface area (Å²) in [4.78, 5) is 18.5. The highest BCUT2D eigenvalue weighted by Gasteiger charge is 2.10. The first-order chi connectivity index (χ1) is 10.2. The third kappa shape index (κ3) is 4.82. The average molecular weight is 306 g/mol. The minimum Gasteiger partial charge on any atom is -0.493 e. The van der Waals surface area contributed by atoms with Crippen LogP contribution in [0.15, 0.2) is 35.6 Å². The van der Waals surface area contributed by atoms with E-state index in [0.717, 1.165) is 11.5 Å². The van der Waals surface area contributed by atoms with Gasteiger partial charge in [-0.2, -0.15) is 0 Å². The maximum atomic E-state index is 11.5. The van der Waals surface area contributed by atoms with E-state index in [0.29, 0.717) is 24.1 Å². The number of nitrogens with one attached hydrogen (secondary N) is 1. The Morgan fingerprint density at radius 1 is 1.43 bits per heavy atom. The Labute approximate surface area is 128 Å². The number of ether oxygens (including phenoxy) is 2. The summed E-state index contributed by atoms with van der Waals surface area (Å²) in [6, 6.07) is 7.93.